The minimum absolute atomic E-state index is 0.0103. The van der Waals surface area contributed by atoms with Crippen LogP contribution in [0.3, 0.4) is 0 Å². The SMILES string of the molecule is CC1CCC(C(N)c2csc3ccccc23)O1. The van der Waals surface area contributed by atoms with Crippen molar-refractivity contribution in [1.29, 1.82) is 0 Å². The summed E-state index contributed by atoms with van der Waals surface area (Å²) in [6.45, 7) is 2.12. The summed E-state index contributed by atoms with van der Waals surface area (Å²) in [7, 11) is 0. The molecule has 0 aliphatic carbocycles. The summed E-state index contributed by atoms with van der Waals surface area (Å²) < 4.78 is 7.18. The molecule has 0 spiro atoms. The van der Waals surface area contributed by atoms with E-state index in [-0.39, 0.29) is 12.1 Å². The molecule has 1 aliphatic heterocycles. The van der Waals surface area contributed by atoms with Crippen LogP contribution in [0.1, 0.15) is 31.4 Å². The maximum absolute atomic E-state index is 6.35. The number of nitrogens with two attached hydrogens (primary N) is 1. The Morgan fingerprint density at radius 3 is 2.94 bits per heavy atom. The van der Waals surface area contributed by atoms with Crippen LogP contribution < -0.4 is 5.73 Å². The van der Waals surface area contributed by atoms with Gasteiger partial charge < -0.3 is 10.5 Å². The molecule has 3 unspecified atom stereocenters. The molecule has 0 bridgehead atoms. The summed E-state index contributed by atoms with van der Waals surface area (Å²) in [4.78, 5) is 0. The number of hydrogen-bond acceptors (Lipinski definition) is 3. The number of rotatable bonds is 2. The number of ether oxygens (including phenoxy) is 1. The number of fused-ring (bicyclic) bond motifs is 1. The van der Waals surface area contributed by atoms with Crippen LogP contribution in [-0.4, -0.2) is 12.2 Å². The fourth-order valence-corrected chi connectivity index (χ4v) is 3.56. The summed E-state index contributed by atoms with van der Waals surface area (Å²) in [6, 6.07) is 8.45. The van der Waals surface area contributed by atoms with Crippen molar-refractivity contribution in [1.82, 2.24) is 0 Å². The third-order valence-electron chi connectivity index (χ3n) is 3.54. The van der Waals surface area contributed by atoms with Crippen LogP contribution in [0.2, 0.25) is 0 Å². The molecule has 3 heteroatoms. The third-order valence-corrected chi connectivity index (χ3v) is 4.52. The van der Waals surface area contributed by atoms with Crippen LogP contribution in [0.4, 0.5) is 0 Å². The predicted octanol–water partition coefficient (Wildman–Crippen LogP) is 3.47. The largest absolute Gasteiger partial charge is 0.373 e. The number of thiophene rings is 1. The summed E-state index contributed by atoms with van der Waals surface area (Å²) in [5, 5.41) is 3.47. The Balaban J connectivity index is 1.93. The van der Waals surface area contributed by atoms with Gasteiger partial charge in [0.15, 0.2) is 0 Å². The minimum Gasteiger partial charge on any atom is -0.373 e. The van der Waals surface area contributed by atoms with Gasteiger partial charge in [-0.2, -0.15) is 0 Å². The Bertz CT molecular complexity index is 522. The first kappa shape index (κ1) is 11.2. The zero-order valence-corrected chi connectivity index (χ0v) is 10.7. The first-order valence-corrected chi connectivity index (χ1v) is 7.01. The van der Waals surface area contributed by atoms with Crippen LogP contribution in [0.5, 0.6) is 0 Å². The summed E-state index contributed by atoms with van der Waals surface area (Å²) in [5.74, 6) is 0. The molecule has 2 N–H and O–H groups in total. The molecule has 2 heterocycles. The van der Waals surface area contributed by atoms with Gasteiger partial charge in [0.05, 0.1) is 18.2 Å². The van der Waals surface area contributed by atoms with Crippen LogP contribution in [0.25, 0.3) is 10.1 Å². The smallest absolute Gasteiger partial charge is 0.0772 e. The van der Waals surface area contributed by atoms with Gasteiger partial charge in [0.1, 0.15) is 0 Å². The molecule has 90 valence electrons. The molecule has 1 aromatic heterocycles. The molecule has 1 aromatic carbocycles. The van der Waals surface area contributed by atoms with E-state index in [9.17, 15) is 0 Å². The van der Waals surface area contributed by atoms with Crippen molar-refractivity contribution in [2.75, 3.05) is 0 Å². The summed E-state index contributed by atoms with van der Waals surface area (Å²) >= 11 is 1.77. The molecule has 2 nitrogen and oxygen atoms in total. The van der Waals surface area contributed by atoms with Crippen molar-refractivity contribution in [2.24, 2.45) is 5.73 Å². The molecule has 0 saturated carbocycles. The normalized spacial score (nSPS) is 26.5. The molecule has 0 amide bonds. The highest BCUT2D eigenvalue weighted by molar-refractivity contribution is 7.17. The molecule has 1 fully saturated rings. The van der Waals surface area contributed by atoms with E-state index < -0.39 is 0 Å². The zero-order valence-electron chi connectivity index (χ0n) is 9.93. The maximum Gasteiger partial charge on any atom is 0.0772 e. The van der Waals surface area contributed by atoms with Crippen molar-refractivity contribution < 1.29 is 4.74 Å². The van der Waals surface area contributed by atoms with Crippen LogP contribution >= 0.6 is 11.3 Å². The van der Waals surface area contributed by atoms with E-state index in [0.717, 1.165) is 12.8 Å². The van der Waals surface area contributed by atoms with Crippen molar-refractivity contribution in [2.45, 2.75) is 38.0 Å². The lowest BCUT2D eigenvalue weighted by Crippen LogP contribution is -2.26. The lowest BCUT2D eigenvalue weighted by atomic mass is 9.99. The monoisotopic (exact) mass is 247 g/mol. The first-order chi connectivity index (χ1) is 8.25. The van der Waals surface area contributed by atoms with E-state index in [1.54, 1.807) is 11.3 Å². The van der Waals surface area contributed by atoms with Gasteiger partial charge in [-0.25, -0.2) is 0 Å². The lowest BCUT2D eigenvalue weighted by Gasteiger charge is -2.19. The average molecular weight is 247 g/mol. The van der Waals surface area contributed by atoms with Gasteiger partial charge in [-0.05, 0) is 42.2 Å². The first-order valence-electron chi connectivity index (χ1n) is 6.13. The Kier molecular flexibility index (Phi) is 2.90. The van der Waals surface area contributed by atoms with Gasteiger partial charge in [-0.1, -0.05) is 18.2 Å². The summed E-state index contributed by atoms with van der Waals surface area (Å²) in [6.07, 6.45) is 2.74. The predicted molar refractivity (Wildman–Crippen MR) is 72.3 cm³/mol. The van der Waals surface area contributed by atoms with Gasteiger partial charge in [0.25, 0.3) is 0 Å². The number of benzene rings is 1. The second-order valence-electron chi connectivity index (χ2n) is 4.78. The second kappa shape index (κ2) is 4.41. The summed E-state index contributed by atoms with van der Waals surface area (Å²) in [5.41, 5.74) is 7.60. The molecular formula is C14H17NOS. The van der Waals surface area contributed by atoms with E-state index in [4.69, 9.17) is 10.5 Å². The fraction of sp³-hybridized carbons (Fsp3) is 0.429. The highest BCUT2D eigenvalue weighted by atomic mass is 32.1. The van der Waals surface area contributed by atoms with Gasteiger partial charge in [0.2, 0.25) is 0 Å². The molecule has 2 aromatic rings. The molecule has 0 radical (unpaired) electrons. The number of hydrogen-bond donors (Lipinski definition) is 1. The van der Waals surface area contributed by atoms with Gasteiger partial charge >= 0.3 is 0 Å². The van der Waals surface area contributed by atoms with E-state index in [2.05, 4.69) is 36.6 Å². The Labute approximate surface area is 105 Å². The standard InChI is InChI=1S/C14H17NOS/c1-9-6-7-12(16-9)14(15)11-8-17-13-5-3-2-4-10(11)13/h2-5,8-9,12,14H,6-7,15H2,1H3. The van der Waals surface area contributed by atoms with Gasteiger partial charge in [0, 0.05) is 4.70 Å². The molecule has 17 heavy (non-hydrogen) atoms. The quantitative estimate of drug-likeness (QED) is 0.882. The van der Waals surface area contributed by atoms with Crippen molar-refractivity contribution >= 4 is 21.4 Å². The highest BCUT2D eigenvalue weighted by Crippen LogP contribution is 2.35. The van der Waals surface area contributed by atoms with Gasteiger partial charge in [-0.3, -0.25) is 0 Å². The Morgan fingerprint density at radius 2 is 2.18 bits per heavy atom. The average Bonchev–Trinajstić information content (AvgIpc) is 2.94. The van der Waals surface area contributed by atoms with Gasteiger partial charge in [-0.15, -0.1) is 11.3 Å². The van der Waals surface area contributed by atoms with Crippen LogP contribution in [0.15, 0.2) is 29.6 Å². The zero-order chi connectivity index (χ0) is 11.8. The fourth-order valence-electron chi connectivity index (χ4n) is 2.55. The van der Waals surface area contributed by atoms with Crippen molar-refractivity contribution in [3.05, 3.63) is 35.2 Å². The van der Waals surface area contributed by atoms with E-state index >= 15 is 0 Å². The second-order valence-corrected chi connectivity index (χ2v) is 5.69. The Morgan fingerprint density at radius 1 is 1.35 bits per heavy atom. The molecule has 1 saturated heterocycles. The van der Waals surface area contributed by atoms with Crippen molar-refractivity contribution in [3.63, 3.8) is 0 Å². The molecule has 1 aliphatic rings. The molecule has 3 atom stereocenters. The van der Waals surface area contributed by atoms with Crippen molar-refractivity contribution in [3.8, 4) is 0 Å². The van der Waals surface area contributed by atoms with Crippen LogP contribution in [0, 0.1) is 0 Å². The van der Waals surface area contributed by atoms with E-state index in [0.29, 0.717) is 6.10 Å². The lowest BCUT2D eigenvalue weighted by molar-refractivity contribution is 0.0404. The van der Waals surface area contributed by atoms with E-state index in [1.165, 1.54) is 15.6 Å². The maximum atomic E-state index is 6.35. The Hall–Kier alpha value is -0.900. The topological polar surface area (TPSA) is 35.2 Å². The molecule has 3 rings (SSSR count). The highest BCUT2D eigenvalue weighted by Gasteiger charge is 2.29. The molecular weight excluding hydrogens is 230 g/mol. The minimum atomic E-state index is 0.0103. The third kappa shape index (κ3) is 1.99. The van der Waals surface area contributed by atoms with E-state index in [1.807, 2.05) is 0 Å². The van der Waals surface area contributed by atoms with Crippen LogP contribution in [-0.2, 0) is 4.74 Å².